The second kappa shape index (κ2) is 7.93. The van der Waals surface area contributed by atoms with Crippen molar-refractivity contribution < 1.29 is 13.2 Å². The van der Waals surface area contributed by atoms with Crippen LogP contribution >= 0.6 is 11.8 Å². The molecule has 0 radical (unpaired) electrons. The van der Waals surface area contributed by atoms with E-state index in [0.717, 1.165) is 25.4 Å². The van der Waals surface area contributed by atoms with Crippen LogP contribution in [0.25, 0.3) is 0 Å². The van der Waals surface area contributed by atoms with E-state index >= 15 is 0 Å². The summed E-state index contributed by atoms with van der Waals surface area (Å²) in [6, 6.07) is -0.150. The fraction of sp³-hybridized carbons (Fsp3) is 0.938. The smallest absolute Gasteiger partial charge is 0.232 e. The second-order valence-electron chi connectivity index (χ2n) is 7.03. The average Bonchev–Trinajstić information content (AvgIpc) is 3.16. The van der Waals surface area contributed by atoms with Gasteiger partial charge in [-0.1, -0.05) is 6.92 Å². The lowest BCUT2D eigenvalue weighted by Crippen LogP contribution is -2.60. The normalized spacial score (nSPS) is 30.6. The summed E-state index contributed by atoms with van der Waals surface area (Å²) in [6.07, 6.45) is 2.59. The van der Waals surface area contributed by atoms with Gasteiger partial charge in [0, 0.05) is 31.4 Å². The first kappa shape index (κ1) is 18.5. The highest BCUT2D eigenvalue weighted by atomic mass is 32.2. The van der Waals surface area contributed by atoms with E-state index in [1.807, 2.05) is 4.90 Å². The zero-order valence-electron chi connectivity index (χ0n) is 14.5. The fourth-order valence-corrected chi connectivity index (χ4v) is 7.05. The summed E-state index contributed by atoms with van der Waals surface area (Å²) in [5, 5.41) is 0. The summed E-state index contributed by atoms with van der Waals surface area (Å²) in [4.78, 5) is 19.1. The Morgan fingerprint density at radius 3 is 2.50 bits per heavy atom. The number of fused-ring (bicyclic) bond motifs is 1. The topological polar surface area (TPSA) is 60.9 Å². The molecule has 1 amide bonds. The maximum absolute atomic E-state index is 12.6. The Morgan fingerprint density at radius 1 is 1.08 bits per heavy atom. The molecule has 24 heavy (non-hydrogen) atoms. The van der Waals surface area contributed by atoms with Crippen molar-refractivity contribution in [1.29, 1.82) is 0 Å². The Hall–Kier alpha value is -0.310. The van der Waals surface area contributed by atoms with Gasteiger partial charge in [0.25, 0.3) is 0 Å². The van der Waals surface area contributed by atoms with Crippen LogP contribution in [0, 0.1) is 0 Å². The maximum atomic E-state index is 12.6. The van der Waals surface area contributed by atoms with E-state index in [1.165, 1.54) is 25.9 Å². The molecule has 3 heterocycles. The molecule has 8 heteroatoms. The van der Waals surface area contributed by atoms with E-state index in [0.29, 0.717) is 12.3 Å². The van der Waals surface area contributed by atoms with Crippen LogP contribution in [0.15, 0.2) is 0 Å². The monoisotopic (exact) mass is 375 g/mol. The lowest BCUT2D eigenvalue weighted by Gasteiger charge is -2.43. The number of hydrogen-bond acceptors (Lipinski definition) is 6. The third kappa shape index (κ3) is 4.26. The van der Waals surface area contributed by atoms with Crippen molar-refractivity contribution in [3.05, 3.63) is 0 Å². The molecule has 0 aliphatic carbocycles. The molecule has 6 nitrogen and oxygen atoms in total. The van der Waals surface area contributed by atoms with Crippen LogP contribution in [0.2, 0.25) is 0 Å². The first-order chi connectivity index (χ1) is 11.5. The molecular formula is C16H29N3O3S2. The molecule has 3 saturated heterocycles. The summed E-state index contributed by atoms with van der Waals surface area (Å²) in [6.45, 7) is 7.80. The summed E-state index contributed by atoms with van der Waals surface area (Å²) >= 11 is 1.69. The van der Waals surface area contributed by atoms with Crippen LogP contribution in [0.3, 0.4) is 0 Å². The highest BCUT2D eigenvalue weighted by Gasteiger charge is 2.47. The minimum Gasteiger partial charge on any atom is -0.335 e. The third-order valence-corrected chi connectivity index (χ3v) is 8.11. The van der Waals surface area contributed by atoms with E-state index < -0.39 is 9.84 Å². The van der Waals surface area contributed by atoms with Crippen molar-refractivity contribution in [3.8, 4) is 0 Å². The number of amides is 1. The Balaban J connectivity index is 1.50. The molecule has 2 atom stereocenters. The summed E-state index contributed by atoms with van der Waals surface area (Å²) < 4.78 is 24.1. The Kier molecular flexibility index (Phi) is 6.11. The van der Waals surface area contributed by atoms with Crippen LogP contribution in [0.5, 0.6) is 0 Å². The molecule has 0 aromatic carbocycles. The average molecular weight is 376 g/mol. The standard InChI is InChI=1S/C16H29N3O3S2/c1-2-18-7-8-19(15-13-24(21,22)12-14(15)18)16(20)11-23-10-9-17-5-3-4-6-17/h14-15H,2-13H2,1H3/t14-,15+/m0/s1. The largest absolute Gasteiger partial charge is 0.335 e. The molecule has 0 aromatic rings. The number of nitrogens with zero attached hydrogens (tertiary/aromatic N) is 3. The summed E-state index contributed by atoms with van der Waals surface area (Å²) in [7, 11) is -3.02. The molecule has 3 fully saturated rings. The quantitative estimate of drug-likeness (QED) is 0.616. The molecule has 0 aromatic heterocycles. The highest BCUT2D eigenvalue weighted by molar-refractivity contribution is 7.99. The summed E-state index contributed by atoms with van der Waals surface area (Å²) in [5.41, 5.74) is 0. The fourth-order valence-electron chi connectivity index (χ4n) is 4.17. The van der Waals surface area contributed by atoms with E-state index in [1.54, 1.807) is 11.8 Å². The van der Waals surface area contributed by atoms with Gasteiger partial charge in [-0.15, -0.1) is 0 Å². The molecule has 0 N–H and O–H groups in total. The van der Waals surface area contributed by atoms with Crippen LogP contribution in [-0.4, -0.2) is 103 Å². The van der Waals surface area contributed by atoms with Crippen molar-refractivity contribution in [2.24, 2.45) is 0 Å². The molecule has 138 valence electrons. The number of hydrogen-bond donors (Lipinski definition) is 0. The minimum atomic E-state index is -3.02. The SMILES string of the molecule is CCN1CCN(C(=O)CSCCN2CCCC2)[C@@H]2CS(=O)(=O)C[C@@H]21. The van der Waals surface area contributed by atoms with Gasteiger partial charge < -0.3 is 9.80 Å². The van der Waals surface area contributed by atoms with E-state index in [4.69, 9.17) is 0 Å². The number of thioether (sulfide) groups is 1. The van der Waals surface area contributed by atoms with Crippen molar-refractivity contribution >= 4 is 27.5 Å². The summed E-state index contributed by atoms with van der Waals surface area (Å²) in [5.74, 6) is 1.91. The molecule has 0 spiro atoms. The second-order valence-corrected chi connectivity index (χ2v) is 10.3. The molecule has 3 aliphatic heterocycles. The minimum absolute atomic E-state index is 0.00713. The molecule has 3 rings (SSSR count). The number of likely N-dealkylation sites (tertiary alicyclic amines) is 1. The van der Waals surface area contributed by atoms with Crippen molar-refractivity contribution in [2.45, 2.75) is 31.8 Å². The van der Waals surface area contributed by atoms with E-state index in [-0.39, 0.29) is 29.5 Å². The van der Waals surface area contributed by atoms with Gasteiger partial charge in [-0.05, 0) is 32.5 Å². The van der Waals surface area contributed by atoms with Gasteiger partial charge in [0.15, 0.2) is 9.84 Å². The Bertz CT molecular complexity index is 549. The van der Waals surface area contributed by atoms with Gasteiger partial charge in [-0.2, -0.15) is 11.8 Å². The molecular weight excluding hydrogens is 346 g/mol. The van der Waals surface area contributed by atoms with Crippen LogP contribution < -0.4 is 0 Å². The van der Waals surface area contributed by atoms with Crippen LogP contribution in [0.1, 0.15) is 19.8 Å². The predicted octanol–water partition coefficient (Wildman–Crippen LogP) is 0.145. The van der Waals surface area contributed by atoms with Crippen LogP contribution in [0.4, 0.5) is 0 Å². The zero-order valence-corrected chi connectivity index (χ0v) is 16.2. The van der Waals surface area contributed by atoms with Gasteiger partial charge in [0.05, 0.1) is 23.3 Å². The van der Waals surface area contributed by atoms with Gasteiger partial charge in [0.2, 0.25) is 5.91 Å². The highest BCUT2D eigenvalue weighted by Crippen LogP contribution is 2.27. The van der Waals surface area contributed by atoms with Crippen molar-refractivity contribution in [2.75, 3.05) is 62.3 Å². The first-order valence-corrected chi connectivity index (χ1v) is 12.0. The molecule has 0 saturated carbocycles. The molecule has 0 unspecified atom stereocenters. The third-order valence-electron chi connectivity index (χ3n) is 5.49. The number of sulfone groups is 1. The molecule has 0 bridgehead atoms. The zero-order chi connectivity index (χ0) is 17.2. The van der Waals surface area contributed by atoms with Gasteiger partial charge in [0.1, 0.15) is 0 Å². The maximum Gasteiger partial charge on any atom is 0.232 e. The van der Waals surface area contributed by atoms with E-state index in [2.05, 4.69) is 16.7 Å². The van der Waals surface area contributed by atoms with Gasteiger partial charge in [-0.3, -0.25) is 9.69 Å². The number of likely N-dealkylation sites (N-methyl/N-ethyl adjacent to an activating group) is 1. The Morgan fingerprint density at radius 2 is 1.79 bits per heavy atom. The van der Waals surface area contributed by atoms with Gasteiger partial charge in [-0.25, -0.2) is 8.42 Å². The number of carbonyl (C=O) groups is 1. The number of carbonyl (C=O) groups excluding carboxylic acids is 1. The van der Waals surface area contributed by atoms with Crippen LogP contribution in [-0.2, 0) is 14.6 Å². The van der Waals surface area contributed by atoms with E-state index in [9.17, 15) is 13.2 Å². The lowest BCUT2D eigenvalue weighted by atomic mass is 10.0. The number of rotatable bonds is 6. The number of piperazine rings is 1. The first-order valence-electron chi connectivity index (χ1n) is 9.04. The van der Waals surface area contributed by atoms with Gasteiger partial charge >= 0.3 is 0 Å². The Labute approximate surface area is 149 Å². The van der Waals surface area contributed by atoms with Crippen molar-refractivity contribution in [3.63, 3.8) is 0 Å². The van der Waals surface area contributed by atoms with Crippen molar-refractivity contribution in [1.82, 2.24) is 14.7 Å². The molecule has 3 aliphatic rings. The predicted molar refractivity (Wildman–Crippen MR) is 98.2 cm³/mol. The lowest BCUT2D eigenvalue weighted by molar-refractivity contribution is -0.133.